The number of imidazole rings is 1. The van der Waals surface area contributed by atoms with E-state index in [1.807, 2.05) is 10.8 Å². The van der Waals surface area contributed by atoms with E-state index in [4.69, 9.17) is 0 Å². The van der Waals surface area contributed by atoms with Crippen molar-refractivity contribution in [3.05, 3.63) is 12.4 Å². The van der Waals surface area contributed by atoms with Crippen LogP contribution < -0.4 is 5.32 Å². The average Bonchev–Trinajstić information content (AvgIpc) is 2.94. The highest BCUT2D eigenvalue weighted by Crippen LogP contribution is 2.32. The van der Waals surface area contributed by atoms with Gasteiger partial charge in [-0.15, -0.1) is 0 Å². The van der Waals surface area contributed by atoms with Crippen LogP contribution in [0.1, 0.15) is 19.8 Å². The van der Waals surface area contributed by atoms with E-state index in [1.54, 1.807) is 6.20 Å². The number of nitrogens with zero attached hydrogens (tertiary/aromatic N) is 2. The minimum atomic E-state index is -0.211. The molecule has 1 aromatic rings. The molecule has 14 heavy (non-hydrogen) atoms. The quantitative estimate of drug-likeness (QED) is 0.739. The van der Waals surface area contributed by atoms with Crippen LogP contribution in [0.3, 0.4) is 0 Å². The molecule has 0 saturated heterocycles. The van der Waals surface area contributed by atoms with E-state index in [-0.39, 0.29) is 6.10 Å². The summed E-state index contributed by atoms with van der Waals surface area (Å²) in [4.78, 5) is 4.18. The highest BCUT2D eigenvalue weighted by molar-refractivity contribution is 5.25. The van der Waals surface area contributed by atoms with Gasteiger partial charge in [-0.2, -0.15) is 0 Å². The summed E-state index contributed by atoms with van der Waals surface area (Å²) in [5.41, 5.74) is 0. The Labute approximate surface area is 84.0 Å². The molecule has 0 aromatic carbocycles. The van der Waals surface area contributed by atoms with Crippen LogP contribution in [0.2, 0.25) is 0 Å². The van der Waals surface area contributed by atoms with Crippen molar-refractivity contribution in [2.24, 2.45) is 5.92 Å². The van der Waals surface area contributed by atoms with Crippen molar-refractivity contribution in [1.29, 1.82) is 0 Å². The molecule has 1 heterocycles. The number of hydrogen-bond donors (Lipinski definition) is 2. The molecule has 78 valence electrons. The molecule has 1 aliphatic carbocycles. The van der Waals surface area contributed by atoms with E-state index < -0.39 is 0 Å². The zero-order chi connectivity index (χ0) is 9.97. The Morgan fingerprint density at radius 2 is 2.50 bits per heavy atom. The van der Waals surface area contributed by atoms with Crippen molar-refractivity contribution in [3.63, 3.8) is 0 Å². The molecule has 0 aliphatic heterocycles. The molecule has 1 saturated carbocycles. The maximum atomic E-state index is 9.65. The van der Waals surface area contributed by atoms with Crippen LogP contribution in [-0.2, 0) is 6.54 Å². The van der Waals surface area contributed by atoms with Gasteiger partial charge in [0.05, 0.1) is 6.10 Å². The van der Waals surface area contributed by atoms with Crippen molar-refractivity contribution in [3.8, 4) is 0 Å². The molecular weight excluding hydrogens is 178 g/mol. The number of aliphatic hydroxyl groups is 1. The lowest BCUT2D eigenvalue weighted by Gasteiger charge is -2.11. The summed E-state index contributed by atoms with van der Waals surface area (Å²) >= 11 is 0. The second-order valence-corrected chi connectivity index (χ2v) is 3.82. The molecule has 0 amide bonds. The van der Waals surface area contributed by atoms with Gasteiger partial charge in [-0.1, -0.05) is 0 Å². The van der Waals surface area contributed by atoms with Crippen molar-refractivity contribution in [2.45, 2.75) is 32.4 Å². The van der Waals surface area contributed by atoms with Gasteiger partial charge in [-0.05, 0) is 25.7 Å². The first-order chi connectivity index (χ1) is 6.81. The van der Waals surface area contributed by atoms with E-state index in [1.165, 1.54) is 12.8 Å². The Morgan fingerprint density at radius 1 is 1.71 bits per heavy atom. The average molecular weight is 195 g/mol. The molecule has 0 radical (unpaired) electrons. The molecule has 1 fully saturated rings. The van der Waals surface area contributed by atoms with Crippen molar-refractivity contribution >= 4 is 5.95 Å². The van der Waals surface area contributed by atoms with Gasteiger partial charge in [0.1, 0.15) is 0 Å². The summed E-state index contributed by atoms with van der Waals surface area (Å²) in [5.74, 6) is 1.37. The summed E-state index contributed by atoms with van der Waals surface area (Å²) in [7, 11) is 0. The molecule has 1 atom stereocenters. The SMILES string of the molecule is CCn1ccnc1NCC(O)C1CC1. The van der Waals surface area contributed by atoms with E-state index in [2.05, 4.69) is 17.2 Å². The Balaban J connectivity index is 1.84. The number of aliphatic hydroxyl groups excluding tert-OH is 1. The van der Waals surface area contributed by atoms with E-state index in [0.29, 0.717) is 12.5 Å². The smallest absolute Gasteiger partial charge is 0.202 e. The highest BCUT2D eigenvalue weighted by Gasteiger charge is 2.29. The Kier molecular flexibility index (Phi) is 2.72. The molecular formula is C10H17N3O. The molecule has 1 aromatic heterocycles. The van der Waals surface area contributed by atoms with Crippen LogP contribution >= 0.6 is 0 Å². The van der Waals surface area contributed by atoms with Crippen molar-refractivity contribution in [2.75, 3.05) is 11.9 Å². The summed E-state index contributed by atoms with van der Waals surface area (Å²) in [6.45, 7) is 3.59. The normalized spacial score (nSPS) is 18.1. The summed E-state index contributed by atoms with van der Waals surface area (Å²) < 4.78 is 2.03. The van der Waals surface area contributed by atoms with Crippen LogP contribution in [0, 0.1) is 5.92 Å². The van der Waals surface area contributed by atoms with Gasteiger partial charge < -0.3 is 15.0 Å². The number of anilines is 1. The van der Waals surface area contributed by atoms with E-state index in [0.717, 1.165) is 12.5 Å². The van der Waals surface area contributed by atoms with Crippen molar-refractivity contribution < 1.29 is 5.11 Å². The van der Waals surface area contributed by atoms with E-state index in [9.17, 15) is 5.11 Å². The number of rotatable bonds is 5. The first-order valence-electron chi connectivity index (χ1n) is 5.24. The Morgan fingerprint density at radius 3 is 3.14 bits per heavy atom. The van der Waals surface area contributed by atoms with Gasteiger partial charge in [0.15, 0.2) is 0 Å². The maximum Gasteiger partial charge on any atom is 0.202 e. The first kappa shape index (κ1) is 9.52. The standard InChI is InChI=1S/C10H17N3O/c1-2-13-6-5-11-10(13)12-7-9(14)8-3-4-8/h5-6,8-9,14H,2-4,7H2,1H3,(H,11,12). The minimum Gasteiger partial charge on any atom is -0.391 e. The van der Waals surface area contributed by atoms with Gasteiger partial charge in [-0.3, -0.25) is 0 Å². The third-order valence-corrected chi connectivity index (χ3v) is 2.69. The summed E-state index contributed by atoms with van der Waals surface area (Å²) in [6, 6.07) is 0. The fourth-order valence-corrected chi connectivity index (χ4v) is 1.58. The molecule has 1 unspecified atom stereocenters. The highest BCUT2D eigenvalue weighted by atomic mass is 16.3. The lowest BCUT2D eigenvalue weighted by molar-refractivity contribution is 0.164. The molecule has 0 bridgehead atoms. The zero-order valence-electron chi connectivity index (χ0n) is 8.48. The number of nitrogens with one attached hydrogen (secondary N) is 1. The Hall–Kier alpha value is -1.03. The van der Waals surface area contributed by atoms with Crippen LogP contribution in [0.25, 0.3) is 0 Å². The van der Waals surface area contributed by atoms with Gasteiger partial charge >= 0.3 is 0 Å². The minimum absolute atomic E-state index is 0.211. The molecule has 4 heteroatoms. The van der Waals surface area contributed by atoms with Crippen LogP contribution in [0.4, 0.5) is 5.95 Å². The second kappa shape index (κ2) is 4.00. The fraction of sp³-hybridized carbons (Fsp3) is 0.700. The molecule has 2 rings (SSSR count). The molecule has 4 nitrogen and oxygen atoms in total. The number of aromatic nitrogens is 2. The monoisotopic (exact) mass is 195 g/mol. The molecule has 2 N–H and O–H groups in total. The summed E-state index contributed by atoms with van der Waals surface area (Å²) in [6.07, 6.45) is 5.84. The predicted molar refractivity (Wildman–Crippen MR) is 55.1 cm³/mol. The third kappa shape index (κ3) is 2.07. The predicted octanol–water partition coefficient (Wildman–Crippen LogP) is 1.09. The maximum absolute atomic E-state index is 9.65. The topological polar surface area (TPSA) is 50.1 Å². The fourth-order valence-electron chi connectivity index (χ4n) is 1.58. The van der Waals surface area contributed by atoms with Gasteiger partial charge in [0.2, 0.25) is 5.95 Å². The van der Waals surface area contributed by atoms with Crippen LogP contribution in [-0.4, -0.2) is 27.3 Å². The molecule has 1 aliphatic rings. The zero-order valence-corrected chi connectivity index (χ0v) is 8.48. The van der Waals surface area contributed by atoms with Crippen molar-refractivity contribution in [1.82, 2.24) is 9.55 Å². The lowest BCUT2D eigenvalue weighted by Crippen LogP contribution is -2.22. The number of aryl methyl sites for hydroxylation is 1. The van der Waals surface area contributed by atoms with Gasteiger partial charge in [-0.25, -0.2) is 4.98 Å². The van der Waals surface area contributed by atoms with E-state index >= 15 is 0 Å². The van der Waals surface area contributed by atoms with Crippen LogP contribution in [0.5, 0.6) is 0 Å². The largest absolute Gasteiger partial charge is 0.391 e. The lowest BCUT2D eigenvalue weighted by atomic mass is 10.2. The molecule has 0 spiro atoms. The van der Waals surface area contributed by atoms with Crippen LogP contribution in [0.15, 0.2) is 12.4 Å². The van der Waals surface area contributed by atoms with Gasteiger partial charge in [0, 0.05) is 25.5 Å². The number of hydrogen-bond acceptors (Lipinski definition) is 3. The third-order valence-electron chi connectivity index (χ3n) is 2.69. The van der Waals surface area contributed by atoms with Gasteiger partial charge in [0.25, 0.3) is 0 Å². The first-order valence-corrected chi connectivity index (χ1v) is 5.24. The second-order valence-electron chi connectivity index (χ2n) is 3.82. The summed E-state index contributed by atoms with van der Waals surface area (Å²) in [5, 5.41) is 12.8. The Bertz CT molecular complexity index is 293.